The van der Waals surface area contributed by atoms with E-state index in [-0.39, 0.29) is 32.0 Å². The maximum Gasteiger partial charge on any atom is 0.346 e. The molecular weight excluding hydrogens is 520 g/mol. The molecule has 5 fully saturated rings. The van der Waals surface area contributed by atoms with Crippen LogP contribution in [0.25, 0.3) is 0 Å². The largest absolute Gasteiger partial charge is 0.394 e. The van der Waals surface area contributed by atoms with Gasteiger partial charge < -0.3 is 68.4 Å². The van der Waals surface area contributed by atoms with Crippen LogP contribution in [0.1, 0.15) is 25.7 Å². The monoisotopic (exact) mass is 563 g/mol. The summed E-state index contributed by atoms with van der Waals surface area (Å²) >= 11 is 0. The number of aliphatic hydroxyl groups excluding tert-OH is 5. The summed E-state index contributed by atoms with van der Waals surface area (Å²) in [6.07, 6.45) is -9.84. The SMILES string of the molecule is NCC[C@H](O)C(=O)[N+]12C3CC(N)C(OC4OC(CN)CCC4N)C(O)[C@@]31C2OC1OC(CO)C(O)C(N)C1O. The van der Waals surface area contributed by atoms with E-state index in [1.165, 1.54) is 0 Å². The minimum atomic E-state index is -1.50. The topological polar surface area (TPSA) is 285 Å². The van der Waals surface area contributed by atoms with Gasteiger partial charge in [-0.1, -0.05) is 0 Å². The molecule has 16 heteroatoms. The minimum absolute atomic E-state index is 0.00607. The number of nitrogens with zero attached hydrogens (tertiary/aromatic N) is 1. The van der Waals surface area contributed by atoms with Crippen LogP contribution in [-0.2, 0) is 23.7 Å². The molecule has 0 aromatic rings. The zero-order valence-corrected chi connectivity index (χ0v) is 21.6. The summed E-state index contributed by atoms with van der Waals surface area (Å²) in [5.41, 5.74) is 28.7. The fourth-order valence-corrected chi connectivity index (χ4v) is 7.11. The predicted molar refractivity (Wildman–Crippen MR) is 130 cm³/mol. The Hall–Kier alpha value is -0.930. The number of amides is 1. The number of fused-ring (bicyclic) bond motifs is 1. The molecule has 1 aliphatic carbocycles. The van der Waals surface area contributed by atoms with Crippen LogP contribution >= 0.6 is 0 Å². The molecule has 4 saturated heterocycles. The molecule has 14 unspecified atom stereocenters. The van der Waals surface area contributed by atoms with Crippen LogP contribution in [0.3, 0.4) is 0 Å². The molecule has 39 heavy (non-hydrogen) atoms. The average Bonchev–Trinajstić information content (AvgIpc) is 3.75. The van der Waals surface area contributed by atoms with Crippen LogP contribution < -0.4 is 28.7 Å². The maximum atomic E-state index is 13.6. The lowest BCUT2D eigenvalue weighted by molar-refractivity contribution is -0.694. The zero-order valence-electron chi connectivity index (χ0n) is 21.6. The molecule has 224 valence electrons. The standard InChI is InChI=1S/C23H43N6O10/c24-4-3-11(31)19(35)29-13-5-10(27)17(38-20-9(26)2-1-8(6-25)36-20)18(34)23(13,29)22(29)39-21-16(33)14(28)15(32)12(7-30)37-21/h8-18,20-22,30-34H,1-7,24-28H2/q+1/t8?,9?,10?,11-,12?,13?,14?,15?,16?,17?,18?,20?,21?,22?,23+,29?/m0/s1. The number of rotatable bonds is 9. The molecule has 5 rings (SSSR count). The summed E-state index contributed by atoms with van der Waals surface area (Å²) in [5, 5.41) is 52.7. The summed E-state index contributed by atoms with van der Waals surface area (Å²) in [5.74, 6) is -0.607. The van der Waals surface area contributed by atoms with Gasteiger partial charge in [0.25, 0.3) is 11.8 Å². The average molecular weight is 564 g/mol. The summed E-state index contributed by atoms with van der Waals surface area (Å²) in [6, 6.07) is -2.85. The lowest BCUT2D eigenvalue weighted by Crippen LogP contribution is -2.64. The predicted octanol–water partition coefficient (Wildman–Crippen LogP) is -6.45. The molecule has 15 N–H and O–H groups in total. The number of aliphatic hydroxyl groups is 5. The fourth-order valence-electron chi connectivity index (χ4n) is 7.11. The number of hydrogen-bond donors (Lipinski definition) is 10. The van der Waals surface area contributed by atoms with E-state index in [1.54, 1.807) is 0 Å². The van der Waals surface area contributed by atoms with Crippen molar-refractivity contribution in [3.8, 4) is 0 Å². The first-order valence-corrected chi connectivity index (χ1v) is 13.6. The highest BCUT2D eigenvalue weighted by atomic mass is 16.7. The molecule has 16 nitrogen and oxygen atoms in total. The highest BCUT2D eigenvalue weighted by Gasteiger charge is 3.11. The molecule has 4 heterocycles. The Bertz CT molecular complexity index is 921. The third kappa shape index (κ3) is 4.21. The second-order valence-electron chi connectivity index (χ2n) is 11.4. The van der Waals surface area contributed by atoms with Crippen molar-refractivity contribution in [3.63, 3.8) is 0 Å². The van der Waals surface area contributed by atoms with Gasteiger partial charge in [-0.25, -0.2) is 4.79 Å². The second-order valence-corrected chi connectivity index (χ2v) is 11.4. The van der Waals surface area contributed by atoms with Gasteiger partial charge in [-0.2, -0.15) is 4.48 Å². The van der Waals surface area contributed by atoms with E-state index in [9.17, 15) is 30.3 Å². The van der Waals surface area contributed by atoms with Crippen LogP contribution in [0.5, 0.6) is 0 Å². The third-order valence-electron chi connectivity index (χ3n) is 9.34. The van der Waals surface area contributed by atoms with Gasteiger partial charge in [0.1, 0.15) is 24.4 Å². The van der Waals surface area contributed by atoms with E-state index >= 15 is 0 Å². The van der Waals surface area contributed by atoms with E-state index in [0.29, 0.717) is 12.8 Å². The van der Waals surface area contributed by atoms with Crippen molar-refractivity contribution in [1.82, 2.24) is 0 Å². The van der Waals surface area contributed by atoms with E-state index in [2.05, 4.69) is 0 Å². The van der Waals surface area contributed by atoms with Crippen LogP contribution in [0.15, 0.2) is 0 Å². The quantitative estimate of drug-likeness (QED) is 0.0921. The number of carbonyl (C=O) groups is 1. The first-order chi connectivity index (χ1) is 18.5. The van der Waals surface area contributed by atoms with E-state index in [1.807, 2.05) is 0 Å². The first-order valence-electron chi connectivity index (χ1n) is 13.6. The number of hydrogen-bond acceptors (Lipinski definition) is 15. The van der Waals surface area contributed by atoms with Crippen molar-refractivity contribution in [3.05, 3.63) is 0 Å². The smallest absolute Gasteiger partial charge is 0.346 e. The van der Waals surface area contributed by atoms with Gasteiger partial charge in [0.05, 0.1) is 24.8 Å². The minimum Gasteiger partial charge on any atom is -0.394 e. The zero-order chi connectivity index (χ0) is 28.4. The number of nitrogens with two attached hydrogens (primary N) is 5. The summed E-state index contributed by atoms with van der Waals surface area (Å²) in [6.45, 7) is -0.262. The van der Waals surface area contributed by atoms with Crippen molar-refractivity contribution < 1.29 is 53.8 Å². The van der Waals surface area contributed by atoms with Gasteiger partial charge in [0, 0.05) is 19.0 Å². The molecule has 1 spiro atoms. The molecule has 0 aromatic heterocycles. The molecule has 1 amide bonds. The van der Waals surface area contributed by atoms with Gasteiger partial charge in [0.15, 0.2) is 30.8 Å². The van der Waals surface area contributed by atoms with Crippen LogP contribution in [0.2, 0.25) is 0 Å². The Morgan fingerprint density at radius 3 is 2.38 bits per heavy atom. The van der Waals surface area contributed by atoms with E-state index < -0.39 is 102 Å². The van der Waals surface area contributed by atoms with Gasteiger partial charge in [-0.3, -0.25) is 4.74 Å². The van der Waals surface area contributed by atoms with Gasteiger partial charge in [0.2, 0.25) is 0 Å². The van der Waals surface area contributed by atoms with Gasteiger partial charge in [-0.15, -0.1) is 0 Å². The Kier molecular flexibility index (Phi) is 8.13. The molecule has 4 aliphatic heterocycles. The lowest BCUT2D eigenvalue weighted by Gasteiger charge is -2.41. The number of carbonyl (C=O) groups excluding carboxylic acids is 1. The normalized spacial score (nSPS) is 53.4. The van der Waals surface area contributed by atoms with Crippen molar-refractivity contribution in [2.24, 2.45) is 28.7 Å². The van der Waals surface area contributed by atoms with Crippen LogP contribution in [0, 0.1) is 0 Å². The fraction of sp³-hybridized carbons (Fsp3) is 0.957. The summed E-state index contributed by atoms with van der Waals surface area (Å²) in [7, 11) is 0. The van der Waals surface area contributed by atoms with Crippen molar-refractivity contribution in [2.75, 3.05) is 19.7 Å². The van der Waals surface area contributed by atoms with E-state index in [4.69, 9.17) is 47.6 Å². The summed E-state index contributed by atoms with van der Waals surface area (Å²) < 4.78 is 23.2. The molecule has 0 radical (unpaired) electrons. The Morgan fingerprint density at radius 1 is 1.03 bits per heavy atom. The Balaban J connectivity index is 1.40. The van der Waals surface area contributed by atoms with Crippen molar-refractivity contribution in [1.29, 1.82) is 0 Å². The van der Waals surface area contributed by atoms with E-state index in [0.717, 1.165) is 0 Å². The second kappa shape index (κ2) is 10.7. The van der Waals surface area contributed by atoms with Crippen LogP contribution in [-0.4, -0.2) is 147 Å². The van der Waals surface area contributed by atoms with Crippen LogP contribution in [0.4, 0.5) is 0 Å². The lowest BCUT2D eigenvalue weighted by atomic mass is 9.81. The van der Waals surface area contributed by atoms with Crippen molar-refractivity contribution in [2.45, 2.75) is 117 Å². The molecule has 0 bridgehead atoms. The van der Waals surface area contributed by atoms with Gasteiger partial charge in [-0.05, 0) is 25.8 Å². The maximum absolute atomic E-state index is 13.6. The molecule has 16 atom stereocenters. The number of quaternary nitrogens is 1. The molecule has 5 aliphatic rings. The first kappa shape index (κ1) is 29.6. The third-order valence-corrected chi connectivity index (χ3v) is 9.34. The highest BCUT2D eigenvalue weighted by Crippen LogP contribution is 2.78. The highest BCUT2D eigenvalue weighted by molar-refractivity contribution is 5.80. The Morgan fingerprint density at radius 2 is 1.74 bits per heavy atom. The van der Waals surface area contributed by atoms with Crippen molar-refractivity contribution >= 4 is 5.91 Å². The Labute approximate surface area is 225 Å². The molecular formula is C23H43N6O10+. The van der Waals surface area contributed by atoms with Gasteiger partial charge >= 0.3 is 5.91 Å². The molecule has 0 aromatic carbocycles. The summed E-state index contributed by atoms with van der Waals surface area (Å²) in [4.78, 5) is 13.6. The molecule has 1 saturated carbocycles. The number of ether oxygens (including phenoxy) is 4.